The van der Waals surface area contributed by atoms with Crippen LogP contribution in [0, 0.1) is 6.92 Å². The summed E-state index contributed by atoms with van der Waals surface area (Å²) < 4.78 is 12.0. The Kier molecular flexibility index (Phi) is 8.07. The number of nitrogens with one attached hydrogen (secondary N) is 2. The molecule has 1 aliphatic rings. The summed E-state index contributed by atoms with van der Waals surface area (Å²) in [7, 11) is 0. The van der Waals surface area contributed by atoms with Crippen molar-refractivity contribution in [1.29, 1.82) is 0 Å². The Morgan fingerprint density at radius 3 is 2.48 bits per heavy atom. The SMILES string of the molecule is Cc1cc(C(=O)O)ccc1-c1ccc([C@@H]2[C@H](c3ccccn3)NC(=S)N2c2ccc(NC(=O)COc3ccccc3)cc2)o1. The van der Waals surface area contributed by atoms with Crippen molar-refractivity contribution in [3.8, 4) is 17.1 Å². The molecule has 1 aliphatic heterocycles. The van der Waals surface area contributed by atoms with Gasteiger partial charge >= 0.3 is 5.97 Å². The van der Waals surface area contributed by atoms with E-state index in [1.165, 1.54) is 0 Å². The van der Waals surface area contributed by atoms with E-state index in [1.807, 2.05) is 84.6 Å². The van der Waals surface area contributed by atoms with Crippen LogP contribution in [0.5, 0.6) is 5.75 Å². The van der Waals surface area contributed by atoms with Crippen LogP contribution in [-0.2, 0) is 4.79 Å². The monoisotopic (exact) mass is 604 g/mol. The molecule has 6 rings (SSSR count). The smallest absolute Gasteiger partial charge is 0.335 e. The molecule has 0 saturated carbocycles. The molecule has 1 fully saturated rings. The van der Waals surface area contributed by atoms with Gasteiger partial charge < -0.3 is 29.8 Å². The second-order valence-electron chi connectivity index (χ2n) is 10.2. The molecule has 1 saturated heterocycles. The van der Waals surface area contributed by atoms with E-state index in [0.29, 0.717) is 28.1 Å². The average Bonchev–Trinajstić information content (AvgIpc) is 3.66. The van der Waals surface area contributed by atoms with Crippen molar-refractivity contribution in [2.75, 3.05) is 16.8 Å². The topological polar surface area (TPSA) is 117 Å². The minimum atomic E-state index is -0.981. The third-order valence-corrected chi connectivity index (χ3v) is 7.61. The maximum absolute atomic E-state index is 12.5. The van der Waals surface area contributed by atoms with E-state index >= 15 is 0 Å². The van der Waals surface area contributed by atoms with E-state index in [1.54, 1.807) is 36.5 Å². The molecule has 2 atom stereocenters. The number of aromatic carboxylic acids is 1. The molecule has 9 nitrogen and oxygen atoms in total. The summed E-state index contributed by atoms with van der Waals surface area (Å²) in [5.74, 6) is 0.631. The zero-order valence-electron chi connectivity index (χ0n) is 23.6. The normalized spacial score (nSPS) is 15.9. The highest BCUT2D eigenvalue weighted by atomic mass is 32.1. The van der Waals surface area contributed by atoms with E-state index in [9.17, 15) is 14.7 Å². The van der Waals surface area contributed by atoms with Gasteiger partial charge in [-0.25, -0.2) is 4.79 Å². The Bertz CT molecular complexity index is 1810. The predicted octanol–water partition coefficient (Wildman–Crippen LogP) is 6.54. The molecule has 2 aromatic heterocycles. The molecule has 3 N–H and O–H groups in total. The number of hydrogen-bond donors (Lipinski definition) is 3. The molecular formula is C34H28N4O5S. The number of benzene rings is 3. The summed E-state index contributed by atoms with van der Waals surface area (Å²) >= 11 is 5.82. The Balaban J connectivity index is 1.26. The van der Waals surface area contributed by atoms with Crippen LogP contribution in [0.3, 0.4) is 0 Å². The van der Waals surface area contributed by atoms with Crippen molar-refractivity contribution >= 4 is 40.6 Å². The molecule has 3 heterocycles. The van der Waals surface area contributed by atoms with Crippen molar-refractivity contribution in [2.45, 2.75) is 19.0 Å². The van der Waals surface area contributed by atoms with Crippen LogP contribution < -0.4 is 20.3 Å². The lowest BCUT2D eigenvalue weighted by Gasteiger charge is -2.26. The molecule has 44 heavy (non-hydrogen) atoms. The zero-order valence-corrected chi connectivity index (χ0v) is 24.5. The molecular weight excluding hydrogens is 576 g/mol. The van der Waals surface area contributed by atoms with Gasteiger partial charge in [0.1, 0.15) is 23.3 Å². The Labute approximate surface area is 259 Å². The largest absolute Gasteiger partial charge is 0.484 e. The number of pyridine rings is 1. The maximum Gasteiger partial charge on any atom is 0.335 e. The quantitative estimate of drug-likeness (QED) is 0.161. The number of furan rings is 1. The summed E-state index contributed by atoms with van der Waals surface area (Å²) in [5, 5.41) is 16.1. The third kappa shape index (κ3) is 6.02. The molecule has 0 spiro atoms. The summed E-state index contributed by atoms with van der Waals surface area (Å²) in [6.07, 6.45) is 1.74. The van der Waals surface area contributed by atoms with E-state index in [4.69, 9.17) is 21.4 Å². The highest BCUT2D eigenvalue weighted by Gasteiger charge is 2.42. The van der Waals surface area contributed by atoms with Crippen molar-refractivity contribution in [3.63, 3.8) is 0 Å². The van der Waals surface area contributed by atoms with Gasteiger partial charge in [0.05, 0.1) is 17.3 Å². The van der Waals surface area contributed by atoms with E-state index in [2.05, 4.69) is 15.6 Å². The van der Waals surface area contributed by atoms with E-state index in [0.717, 1.165) is 22.5 Å². The van der Waals surface area contributed by atoms with Crippen molar-refractivity contribution < 1.29 is 23.8 Å². The van der Waals surface area contributed by atoms with Crippen LogP contribution >= 0.6 is 12.2 Å². The number of thiocarbonyl (C=S) groups is 1. The standard InChI is InChI=1S/C34H28N4O5S/c1-21-19-22(33(40)41)10-15-26(21)28-16-17-29(43-28)32-31(27-9-5-6-18-35-27)37-34(44)38(32)24-13-11-23(12-14-24)36-30(39)20-42-25-7-3-2-4-8-25/h2-19,31-32H,20H2,1H3,(H,36,39)(H,37,44)(H,40,41)/t31-,32+/m0/s1. The Morgan fingerprint density at radius 2 is 1.77 bits per heavy atom. The van der Waals surface area contributed by atoms with E-state index < -0.39 is 5.97 Å². The number of hydrogen-bond acceptors (Lipinski definition) is 6. The van der Waals surface area contributed by atoms with Crippen LogP contribution in [0.15, 0.2) is 114 Å². The summed E-state index contributed by atoms with van der Waals surface area (Å²) in [6, 6.07) is 30.3. The van der Waals surface area contributed by atoms with Gasteiger partial charge in [0, 0.05) is 23.1 Å². The second-order valence-corrected chi connectivity index (χ2v) is 10.6. The van der Waals surface area contributed by atoms with Gasteiger partial charge in [-0.3, -0.25) is 9.78 Å². The Hall–Kier alpha value is -5.48. The first kappa shape index (κ1) is 28.6. The lowest BCUT2D eigenvalue weighted by atomic mass is 10.0. The second kappa shape index (κ2) is 12.4. The number of ether oxygens (including phenoxy) is 1. The fourth-order valence-electron chi connectivity index (χ4n) is 5.22. The van der Waals surface area contributed by atoms with E-state index in [-0.39, 0.29) is 30.2 Å². The molecule has 0 bridgehead atoms. The minimum absolute atomic E-state index is 0.112. The number of carboxylic acid groups (broad SMARTS) is 1. The molecule has 1 amide bonds. The van der Waals surface area contributed by atoms with Crippen molar-refractivity contribution in [1.82, 2.24) is 10.3 Å². The molecule has 5 aromatic rings. The molecule has 0 aliphatic carbocycles. The fraction of sp³-hybridized carbons (Fsp3) is 0.118. The van der Waals surface area contributed by atoms with Crippen molar-refractivity contribution in [3.05, 3.63) is 132 Å². The summed E-state index contributed by atoms with van der Waals surface area (Å²) in [4.78, 5) is 30.5. The average molecular weight is 605 g/mol. The van der Waals surface area contributed by atoms with Crippen LogP contribution in [0.1, 0.15) is 39.5 Å². The number of carboxylic acids is 1. The number of rotatable bonds is 9. The number of nitrogens with zero attached hydrogens (tertiary/aromatic N) is 2. The van der Waals surface area contributed by atoms with Crippen LogP contribution in [-0.4, -0.2) is 33.7 Å². The number of aromatic nitrogens is 1. The van der Waals surface area contributed by atoms with Gasteiger partial charge in [-0.2, -0.15) is 0 Å². The van der Waals surface area contributed by atoms with Gasteiger partial charge in [-0.05, 0) is 97.5 Å². The lowest BCUT2D eigenvalue weighted by molar-refractivity contribution is -0.118. The number of anilines is 2. The van der Waals surface area contributed by atoms with Crippen LogP contribution in [0.25, 0.3) is 11.3 Å². The lowest BCUT2D eigenvalue weighted by Crippen LogP contribution is -2.29. The molecule has 220 valence electrons. The first-order chi connectivity index (χ1) is 21.4. The van der Waals surface area contributed by atoms with Crippen molar-refractivity contribution in [2.24, 2.45) is 0 Å². The van der Waals surface area contributed by atoms with Gasteiger partial charge in [-0.15, -0.1) is 0 Å². The van der Waals surface area contributed by atoms with Gasteiger partial charge in [0.25, 0.3) is 5.91 Å². The zero-order chi connectivity index (χ0) is 30.6. The molecule has 10 heteroatoms. The number of carbonyl (C=O) groups is 2. The highest BCUT2D eigenvalue weighted by Crippen LogP contribution is 2.43. The molecule has 3 aromatic carbocycles. The number of aryl methyl sites for hydroxylation is 1. The van der Waals surface area contributed by atoms with Gasteiger partial charge in [-0.1, -0.05) is 30.3 Å². The first-order valence-corrected chi connectivity index (χ1v) is 14.3. The van der Waals surface area contributed by atoms with Crippen LogP contribution in [0.2, 0.25) is 0 Å². The molecule has 0 radical (unpaired) electrons. The summed E-state index contributed by atoms with van der Waals surface area (Å²) in [5.41, 5.74) is 4.01. The fourth-order valence-corrected chi connectivity index (χ4v) is 5.57. The maximum atomic E-state index is 12.5. The number of amides is 1. The Morgan fingerprint density at radius 1 is 1.00 bits per heavy atom. The number of carbonyl (C=O) groups excluding carboxylic acids is 1. The predicted molar refractivity (Wildman–Crippen MR) is 171 cm³/mol. The number of para-hydroxylation sites is 1. The third-order valence-electron chi connectivity index (χ3n) is 7.30. The summed E-state index contributed by atoms with van der Waals surface area (Å²) in [6.45, 7) is 1.74. The molecule has 0 unspecified atom stereocenters. The first-order valence-electron chi connectivity index (χ1n) is 13.9. The van der Waals surface area contributed by atoms with Crippen LogP contribution in [0.4, 0.5) is 11.4 Å². The van der Waals surface area contributed by atoms with Gasteiger partial charge in [0.15, 0.2) is 11.7 Å². The highest BCUT2D eigenvalue weighted by molar-refractivity contribution is 7.80. The minimum Gasteiger partial charge on any atom is -0.484 e. The van der Waals surface area contributed by atoms with Gasteiger partial charge in [0.2, 0.25) is 0 Å².